The summed E-state index contributed by atoms with van der Waals surface area (Å²) < 4.78 is 0. The van der Waals surface area contributed by atoms with Gasteiger partial charge < -0.3 is 5.11 Å². The van der Waals surface area contributed by atoms with Crippen molar-refractivity contribution in [3.8, 4) is 5.75 Å². The number of hydrogen-bond acceptors (Lipinski definition) is 2. The molecule has 0 bridgehead atoms. The summed E-state index contributed by atoms with van der Waals surface area (Å²) in [4.78, 5) is 11.2. The second kappa shape index (κ2) is 7.06. The maximum atomic E-state index is 11.2. The van der Waals surface area contributed by atoms with Crippen molar-refractivity contribution in [2.75, 3.05) is 0 Å². The Balaban J connectivity index is 0.000000218. The zero-order valence-electron chi connectivity index (χ0n) is 11.5. The third-order valence-corrected chi connectivity index (χ3v) is 2.97. The van der Waals surface area contributed by atoms with Gasteiger partial charge in [0.05, 0.1) is 0 Å². The van der Waals surface area contributed by atoms with Gasteiger partial charge >= 0.3 is 0 Å². The molecule has 0 aliphatic rings. The molecule has 2 aromatic rings. The minimum absolute atomic E-state index is 0.0741. The molecule has 0 amide bonds. The van der Waals surface area contributed by atoms with Crippen LogP contribution in [0, 0.1) is 20.8 Å². The van der Waals surface area contributed by atoms with Gasteiger partial charge in [-0.2, -0.15) is 0 Å². The van der Waals surface area contributed by atoms with Crippen LogP contribution in [0.1, 0.15) is 27.0 Å². The average molecular weight is 274 g/mol. The summed E-state index contributed by atoms with van der Waals surface area (Å²) in [5, 5.41) is 8.63. The largest absolute Gasteiger partial charge is 0.508 e. The zero-order chi connectivity index (χ0) is 14.4. The highest BCUT2D eigenvalue weighted by atomic mass is 31.0. The van der Waals surface area contributed by atoms with Crippen molar-refractivity contribution in [3.63, 3.8) is 0 Å². The van der Waals surface area contributed by atoms with Crippen molar-refractivity contribution in [1.82, 2.24) is 0 Å². The number of aromatic hydroxyl groups is 1. The van der Waals surface area contributed by atoms with Gasteiger partial charge in [-0.15, -0.1) is 0 Å². The van der Waals surface area contributed by atoms with Crippen LogP contribution in [0.2, 0.25) is 0 Å². The van der Waals surface area contributed by atoms with Crippen LogP contribution in [0.25, 0.3) is 0 Å². The molecule has 1 N–H and O–H groups in total. The van der Waals surface area contributed by atoms with E-state index in [1.807, 2.05) is 39.0 Å². The number of para-hydroxylation sites is 1. The standard InChI is InChI=1S/C10H13OP.C6H6O/c1-6-4-7(2)9(10(11)12)8(3)5-6;7-6-4-2-1-3-5-6/h4-5H,12H2,1-3H3;1-5,7H. The number of hydrogen-bond donors (Lipinski definition) is 1. The molecule has 3 heteroatoms. The van der Waals surface area contributed by atoms with E-state index in [4.69, 9.17) is 5.11 Å². The smallest absolute Gasteiger partial charge is 0.178 e. The number of phenols is 1. The van der Waals surface area contributed by atoms with Crippen LogP contribution >= 0.6 is 9.24 Å². The Hall–Kier alpha value is -1.66. The van der Waals surface area contributed by atoms with Gasteiger partial charge in [0.25, 0.3) is 0 Å². The predicted molar refractivity (Wildman–Crippen MR) is 82.8 cm³/mol. The van der Waals surface area contributed by atoms with Crippen molar-refractivity contribution >= 4 is 14.8 Å². The van der Waals surface area contributed by atoms with Crippen LogP contribution < -0.4 is 0 Å². The van der Waals surface area contributed by atoms with Gasteiger partial charge in [-0.25, -0.2) is 0 Å². The van der Waals surface area contributed by atoms with Gasteiger partial charge in [0.15, 0.2) is 5.52 Å². The van der Waals surface area contributed by atoms with E-state index in [9.17, 15) is 4.79 Å². The molecule has 1 atom stereocenters. The molecule has 0 fully saturated rings. The van der Waals surface area contributed by atoms with Gasteiger partial charge in [0.1, 0.15) is 5.75 Å². The molecule has 100 valence electrons. The van der Waals surface area contributed by atoms with E-state index >= 15 is 0 Å². The van der Waals surface area contributed by atoms with Crippen LogP contribution in [0.5, 0.6) is 5.75 Å². The number of phenolic OH excluding ortho intramolecular Hbond substituents is 1. The summed E-state index contributed by atoms with van der Waals surface area (Å²) in [5.41, 5.74) is 4.25. The van der Waals surface area contributed by atoms with E-state index in [1.54, 1.807) is 24.3 Å². The topological polar surface area (TPSA) is 37.3 Å². The molecular formula is C16H19O2P. The summed E-state index contributed by atoms with van der Waals surface area (Å²) in [7, 11) is 2.22. The molecule has 1 unspecified atom stereocenters. The van der Waals surface area contributed by atoms with Gasteiger partial charge in [-0.1, -0.05) is 45.1 Å². The highest BCUT2D eigenvalue weighted by Gasteiger charge is 2.07. The second-order valence-electron chi connectivity index (χ2n) is 4.47. The molecule has 2 aromatic carbocycles. The van der Waals surface area contributed by atoms with E-state index in [2.05, 4.69) is 9.24 Å². The van der Waals surface area contributed by atoms with Crippen LogP contribution in [0.15, 0.2) is 42.5 Å². The molecule has 2 rings (SSSR count). The van der Waals surface area contributed by atoms with Crippen molar-refractivity contribution < 1.29 is 9.90 Å². The van der Waals surface area contributed by atoms with E-state index in [-0.39, 0.29) is 5.52 Å². The lowest BCUT2D eigenvalue weighted by molar-refractivity contribution is 0.108. The molecule has 0 aliphatic heterocycles. The van der Waals surface area contributed by atoms with Crippen molar-refractivity contribution in [2.24, 2.45) is 0 Å². The molecule has 0 heterocycles. The van der Waals surface area contributed by atoms with Crippen molar-refractivity contribution in [1.29, 1.82) is 0 Å². The SMILES string of the molecule is Cc1cc(C)c(C(=O)P)c(C)c1.Oc1ccccc1. The van der Waals surface area contributed by atoms with Crippen molar-refractivity contribution in [2.45, 2.75) is 20.8 Å². The Morgan fingerprint density at radius 3 is 1.79 bits per heavy atom. The Bertz CT molecular complexity index is 539. The monoisotopic (exact) mass is 274 g/mol. The normalized spacial score (nSPS) is 9.47. The first kappa shape index (κ1) is 15.4. The van der Waals surface area contributed by atoms with E-state index in [0.29, 0.717) is 5.75 Å². The maximum Gasteiger partial charge on any atom is 0.178 e. The number of carbonyl (C=O) groups excluding carboxylic acids is 1. The Kier molecular flexibility index (Phi) is 5.72. The minimum atomic E-state index is 0.0741. The Labute approximate surface area is 116 Å². The lowest BCUT2D eigenvalue weighted by Crippen LogP contribution is -1.97. The molecule has 0 radical (unpaired) electrons. The highest BCUT2D eigenvalue weighted by molar-refractivity contribution is 7.41. The van der Waals surface area contributed by atoms with Crippen molar-refractivity contribution in [3.05, 3.63) is 64.7 Å². The lowest BCUT2D eigenvalue weighted by atomic mass is 10.0. The fourth-order valence-corrected chi connectivity index (χ4v) is 2.45. The van der Waals surface area contributed by atoms with Crippen LogP contribution in [-0.4, -0.2) is 10.6 Å². The number of rotatable bonds is 1. The summed E-state index contributed by atoms with van der Waals surface area (Å²) in [6.07, 6.45) is 0. The average Bonchev–Trinajstić information content (AvgIpc) is 2.28. The molecule has 0 saturated heterocycles. The molecule has 19 heavy (non-hydrogen) atoms. The third-order valence-electron chi connectivity index (χ3n) is 2.68. The predicted octanol–water partition coefficient (Wildman–Crippen LogP) is 4.02. The second-order valence-corrected chi connectivity index (χ2v) is 5.00. The number of carbonyl (C=O) groups is 1. The van der Waals surface area contributed by atoms with Crippen LogP contribution in [0.3, 0.4) is 0 Å². The Morgan fingerprint density at radius 1 is 1.00 bits per heavy atom. The van der Waals surface area contributed by atoms with E-state index in [0.717, 1.165) is 16.7 Å². The van der Waals surface area contributed by atoms with Gasteiger partial charge in [0.2, 0.25) is 0 Å². The molecule has 2 nitrogen and oxygen atoms in total. The molecule has 0 spiro atoms. The summed E-state index contributed by atoms with van der Waals surface area (Å²) in [6, 6.07) is 12.8. The zero-order valence-corrected chi connectivity index (χ0v) is 12.6. The first-order valence-electron chi connectivity index (χ1n) is 6.03. The summed E-state index contributed by atoms with van der Waals surface area (Å²) >= 11 is 0. The van der Waals surface area contributed by atoms with Gasteiger partial charge in [-0.05, 0) is 44.0 Å². The summed E-state index contributed by atoms with van der Waals surface area (Å²) in [5.74, 6) is 0.322. The molecule has 0 saturated carbocycles. The molecule has 0 aliphatic carbocycles. The summed E-state index contributed by atoms with van der Waals surface area (Å²) in [6.45, 7) is 5.98. The fourth-order valence-electron chi connectivity index (χ4n) is 2.00. The van der Waals surface area contributed by atoms with Gasteiger partial charge in [-0.3, -0.25) is 4.79 Å². The Morgan fingerprint density at radius 2 is 1.47 bits per heavy atom. The maximum absolute atomic E-state index is 11.2. The lowest BCUT2D eigenvalue weighted by Gasteiger charge is -2.06. The molecule has 0 aromatic heterocycles. The number of aryl methyl sites for hydroxylation is 3. The quantitative estimate of drug-likeness (QED) is 0.797. The number of benzene rings is 2. The third kappa shape index (κ3) is 4.84. The van der Waals surface area contributed by atoms with Crippen LogP contribution in [-0.2, 0) is 0 Å². The highest BCUT2D eigenvalue weighted by Crippen LogP contribution is 2.18. The van der Waals surface area contributed by atoms with E-state index < -0.39 is 0 Å². The molecular weight excluding hydrogens is 255 g/mol. The minimum Gasteiger partial charge on any atom is -0.508 e. The van der Waals surface area contributed by atoms with Crippen LogP contribution in [0.4, 0.5) is 0 Å². The first-order chi connectivity index (χ1) is 8.91. The van der Waals surface area contributed by atoms with E-state index in [1.165, 1.54) is 5.56 Å². The van der Waals surface area contributed by atoms with Gasteiger partial charge in [0, 0.05) is 5.56 Å². The first-order valence-corrected chi connectivity index (χ1v) is 6.61. The fraction of sp³-hybridized carbons (Fsp3) is 0.188.